The standard InChI is InChI=1S/C28H23IN2O4S/c1-4-34-27(33)24-17(3)30-28-31(25(24)19-7-5-16(2)6-8-19)26(32)23(36-28)15-21-13-14-22(35-21)18-9-11-20(29)12-10-18/h5-15,25H,4H2,1-3H3. The van der Waals surface area contributed by atoms with E-state index in [0.717, 1.165) is 26.0 Å². The van der Waals surface area contributed by atoms with Gasteiger partial charge >= 0.3 is 5.97 Å². The highest BCUT2D eigenvalue weighted by Gasteiger charge is 2.33. The molecule has 182 valence electrons. The first-order chi connectivity index (χ1) is 17.4. The molecule has 0 saturated carbocycles. The monoisotopic (exact) mass is 610 g/mol. The average molecular weight is 610 g/mol. The number of allylic oxidation sites excluding steroid dienone is 1. The molecular weight excluding hydrogens is 587 g/mol. The molecule has 0 radical (unpaired) electrons. The molecule has 0 N–H and O–H groups in total. The Morgan fingerprint density at radius 2 is 1.83 bits per heavy atom. The number of rotatable bonds is 5. The molecule has 1 aliphatic rings. The Labute approximate surface area is 225 Å². The van der Waals surface area contributed by atoms with Gasteiger partial charge in [-0.05, 0) is 73.2 Å². The van der Waals surface area contributed by atoms with E-state index in [1.54, 1.807) is 24.5 Å². The number of benzene rings is 2. The molecule has 1 unspecified atom stereocenters. The molecule has 1 atom stereocenters. The molecule has 0 fully saturated rings. The number of nitrogens with zero attached hydrogens (tertiary/aromatic N) is 2. The molecule has 0 spiro atoms. The molecule has 4 aromatic rings. The Balaban J connectivity index is 1.63. The van der Waals surface area contributed by atoms with E-state index in [1.165, 1.54) is 11.3 Å². The lowest BCUT2D eigenvalue weighted by molar-refractivity contribution is -0.139. The van der Waals surface area contributed by atoms with E-state index in [2.05, 4.69) is 27.6 Å². The van der Waals surface area contributed by atoms with E-state index in [0.29, 0.717) is 26.4 Å². The van der Waals surface area contributed by atoms with Gasteiger partial charge in [0, 0.05) is 15.2 Å². The highest BCUT2D eigenvalue weighted by molar-refractivity contribution is 14.1. The van der Waals surface area contributed by atoms with Gasteiger partial charge in [-0.3, -0.25) is 9.36 Å². The van der Waals surface area contributed by atoms with Crippen molar-refractivity contribution in [1.29, 1.82) is 0 Å². The van der Waals surface area contributed by atoms with Gasteiger partial charge < -0.3 is 9.15 Å². The van der Waals surface area contributed by atoms with Crippen LogP contribution in [0.3, 0.4) is 0 Å². The van der Waals surface area contributed by atoms with Gasteiger partial charge in [0.25, 0.3) is 5.56 Å². The Hall–Kier alpha value is -3.24. The summed E-state index contributed by atoms with van der Waals surface area (Å²) < 4.78 is 14.6. The van der Waals surface area contributed by atoms with Crippen LogP contribution in [0.5, 0.6) is 0 Å². The molecule has 8 heteroatoms. The van der Waals surface area contributed by atoms with Crippen LogP contribution in [-0.4, -0.2) is 17.1 Å². The molecule has 1 aliphatic heterocycles. The summed E-state index contributed by atoms with van der Waals surface area (Å²) in [5, 5.41) is 0. The Kier molecular flexibility index (Phi) is 6.81. The first-order valence-electron chi connectivity index (χ1n) is 11.5. The molecule has 3 heterocycles. The zero-order valence-electron chi connectivity index (χ0n) is 19.9. The third kappa shape index (κ3) is 4.62. The third-order valence-corrected chi connectivity index (χ3v) is 7.64. The highest BCUT2D eigenvalue weighted by Crippen LogP contribution is 2.31. The Morgan fingerprint density at radius 1 is 1.11 bits per heavy atom. The molecule has 2 aromatic carbocycles. The van der Waals surface area contributed by atoms with Crippen molar-refractivity contribution in [1.82, 2.24) is 4.57 Å². The molecule has 0 saturated heterocycles. The van der Waals surface area contributed by atoms with Crippen molar-refractivity contribution >= 4 is 46.0 Å². The molecular formula is C28H23IN2O4S. The summed E-state index contributed by atoms with van der Waals surface area (Å²) in [5.41, 5.74) is 3.57. The number of esters is 1. The number of hydrogen-bond donors (Lipinski definition) is 0. The van der Waals surface area contributed by atoms with Crippen LogP contribution in [0, 0.1) is 10.5 Å². The summed E-state index contributed by atoms with van der Waals surface area (Å²) >= 11 is 3.54. The molecule has 36 heavy (non-hydrogen) atoms. The van der Waals surface area contributed by atoms with Crippen LogP contribution in [0.1, 0.15) is 36.8 Å². The lowest BCUT2D eigenvalue weighted by Crippen LogP contribution is -2.39. The van der Waals surface area contributed by atoms with E-state index in [-0.39, 0.29) is 12.2 Å². The van der Waals surface area contributed by atoms with Crippen molar-refractivity contribution in [2.45, 2.75) is 26.8 Å². The quantitative estimate of drug-likeness (QED) is 0.236. The summed E-state index contributed by atoms with van der Waals surface area (Å²) in [6.07, 6.45) is 1.73. The summed E-state index contributed by atoms with van der Waals surface area (Å²) in [6.45, 7) is 5.78. The fourth-order valence-electron chi connectivity index (χ4n) is 4.18. The minimum absolute atomic E-state index is 0.231. The van der Waals surface area contributed by atoms with E-state index >= 15 is 0 Å². The van der Waals surface area contributed by atoms with Crippen molar-refractivity contribution in [3.63, 3.8) is 0 Å². The van der Waals surface area contributed by atoms with Crippen LogP contribution >= 0.6 is 33.9 Å². The van der Waals surface area contributed by atoms with Crippen LogP contribution in [0.2, 0.25) is 0 Å². The topological polar surface area (TPSA) is 73.8 Å². The maximum absolute atomic E-state index is 13.7. The van der Waals surface area contributed by atoms with Crippen molar-refractivity contribution in [3.05, 3.63) is 112 Å². The molecule has 0 bridgehead atoms. The number of furan rings is 1. The van der Waals surface area contributed by atoms with E-state index in [4.69, 9.17) is 9.15 Å². The SMILES string of the molecule is CCOC(=O)C1=C(C)N=c2sc(=Cc3ccc(-c4ccc(I)cc4)o3)c(=O)n2C1c1ccc(C)cc1. The number of halogens is 1. The average Bonchev–Trinajstić information content (AvgIpc) is 3.44. The predicted octanol–water partition coefficient (Wildman–Crippen LogP) is 4.97. The minimum Gasteiger partial charge on any atom is -0.463 e. The van der Waals surface area contributed by atoms with Crippen LogP contribution in [-0.2, 0) is 9.53 Å². The van der Waals surface area contributed by atoms with Crippen LogP contribution in [0.25, 0.3) is 17.4 Å². The second kappa shape index (κ2) is 10.0. The van der Waals surface area contributed by atoms with Crippen LogP contribution < -0.4 is 14.9 Å². The molecule has 5 rings (SSSR count). The number of fused-ring (bicyclic) bond motifs is 1. The number of hydrogen-bond acceptors (Lipinski definition) is 6. The van der Waals surface area contributed by atoms with E-state index in [1.807, 2.05) is 67.6 Å². The van der Waals surface area contributed by atoms with Gasteiger partial charge in [0.15, 0.2) is 4.80 Å². The van der Waals surface area contributed by atoms with Gasteiger partial charge in [-0.15, -0.1) is 0 Å². The fourth-order valence-corrected chi connectivity index (χ4v) is 5.57. The fraction of sp³-hybridized carbons (Fsp3) is 0.179. The summed E-state index contributed by atoms with van der Waals surface area (Å²) in [7, 11) is 0. The van der Waals surface area contributed by atoms with Crippen molar-refractivity contribution in [2.75, 3.05) is 6.61 Å². The van der Waals surface area contributed by atoms with Gasteiger partial charge in [0.05, 0.1) is 28.5 Å². The number of carbonyl (C=O) groups excluding carboxylic acids is 1. The number of thiazole rings is 1. The Morgan fingerprint density at radius 3 is 2.53 bits per heavy atom. The van der Waals surface area contributed by atoms with Gasteiger partial charge in [0.1, 0.15) is 11.5 Å². The number of aromatic nitrogens is 1. The molecule has 0 amide bonds. The second-order valence-corrected chi connectivity index (χ2v) is 10.7. The zero-order valence-corrected chi connectivity index (χ0v) is 22.9. The maximum atomic E-state index is 13.7. The molecule has 6 nitrogen and oxygen atoms in total. The summed E-state index contributed by atoms with van der Waals surface area (Å²) in [6, 6.07) is 19.0. The first kappa shape index (κ1) is 24.5. The van der Waals surface area contributed by atoms with Gasteiger partial charge in [0.2, 0.25) is 0 Å². The van der Waals surface area contributed by atoms with Crippen molar-refractivity contribution in [2.24, 2.45) is 4.99 Å². The predicted molar refractivity (Wildman–Crippen MR) is 148 cm³/mol. The lowest BCUT2D eigenvalue weighted by atomic mass is 9.95. The van der Waals surface area contributed by atoms with Gasteiger partial charge in [-0.1, -0.05) is 53.3 Å². The third-order valence-electron chi connectivity index (χ3n) is 5.94. The second-order valence-electron chi connectivity index (χ2n) is 8.42. The number of aryl methyl sites for hydroxylation is 1. The van der Waals surface area contributed by atoms with E-state index < -0.39 is 12.0 Å². The van der Waals surface area contributed by atoms with Crippen molar-refractivity contribution < 1.29 is 13.9 Å². The van der Waals surface area contributed by atoms with Crippen molar-refractivity contribution in [3.8, 4) is 11.3 Å². The zero-order chi connectivity index (χ0) is 25.4. The lowest BCUT2D eigenvalue weighted by Gasteiger charge is -2.24. The van der Waals surface area contributed by atoms with Gasteiger partial charge in [-0.25, -0.2) is 9.79 Å². The van der Waals surface area contributed by atoms with Crippen LogP contribution in [0.15, 0.2) is 86.1 Å². The first-order valence-corrected chi connectivity index (χ1v) is 13.4. The number of carbonyl (C=O) groups is 1. The number of ether oxygens (including phenoxy) is 1. The Bertz CT molecular complexity index is 1660. The normalized spacial score (nSPS) is 15.6. The molecule has 0 aliphatic carbocycles. The highest BCUT2D eigenvalue weighted by atomic mass is 127. The van der Waals surface area contributed by atoms with E-state index in [9.17, 15) is 9.59 Å². The largest absolute Gasteiger partial charge is 0.463 e. The maximum Gasteiger partial charge on any atom is 0.338 e. The summed E-state index contributed by atoms with van der Waals surface area (Å²) in [5.74, 6) is 0.831. The molecule has 2 aromatic heterocycles. The smallest absolute Gasteiger partial charge is 0.338 e. The van der Waals surface area contributed by atoms with Crippen LogP contribution in [0.4, 0.5) is 0 Å². The minimum atomic E-state index is -0.623. The van der Waals surface area contributed by atoms with Gasteiger partial charge in [-0.2, -0.15) is 0 Å². The summed E-state index contributed by atoms with van der Waals surface area (Å²) in [4.78, 5) is 31.8.